The number of hydrogen-bond acceptors (Lipinski definition) is 4. The number of imidazole rings is 1. The van der Waals surface area contributed by atoms with Gasteiger partial charge >= 0.3 is 0 Å². The summed E-state index contributed by atoms with van der Waals surface area (Å²) in [4.78, 5) is 5.80. The molecular weight excluding hydrogens is 250 g/mol. The van der Waals surface area contributed by atoms with Crippen LogP contribution in [0.5, 0.6) is 0 Å². The zero-order valence-electron chi connectivity index (χ0n) is 10.4. The molecule has 2 heterocycles. The summed E-state index contributed by atoms with van der Waals surface area (Å²) < 4.78 is 2.20. The van der Waals surface area contributed by atoms with Crippen LogP contribution >= 0.6 is 23.1 Å². The van der Waals surface area contributed by atoms with Crippen molar-refractivity contribution in [3.63, 3.8) is 0 Å². The SMILES string of the molecule is CCCCCSc1nc2sccn2c1CNC. The highest BCUT2D eigenvalue weighted by molar-refractivity contribution is 7.99. The van der Waals surface area contributed by atoms with Crippen molar-refractivity contribution in [3.8, 4) is 0 Å². The molecule has 2 aromatic rings. The first-order chi connectivity index (χ1) is 8.36. The molecule has 0 amide bonds. The summed E-state index contributed by atoms with van der Waals surface area (Å²) in [6.45, 7) is 3.12. The molecule has 0 atom stereocenters. The summed E-state index contributed by atoms with van der Waals surface area (Å²) in [5, 5.41) is 6.51. The van der Waals surface area contributed by atoms with Crippen LogP contribution in [0.1, 0.15) is 31.9 Å². The molecule has 0 unspecified atom stereocenters. The quantitative estimate of drug-likeness (QED) is 0.617. The molecule has 0 aliphatic carbocycles. The van der Waals surface area contributed by atoms with Crippen molar-refractivity contribution in [2.75, 3.05) is 12.8 Å². The minimum Gasteiger partial charge on any atom is -0.314 e. The first-order valence-electron chi connectivity index (χ1n) is 6.08. The molecule has 2 rings (SSSR count). The summed E-state index contributed by atoms with van der Waals surface area (Å²) in [5.74, 6) is 1.18. The molecule has 0 saturated heterocycles. The highest BCUT2D eigenvalue weighted by Crippen LogP contribution is 2.26. The van der Waals surface area contributed by atoms with Crippen LogP contribution in [-0.4, -0.2) is 22.2 Å². The second-order valence-electron chi connectivity index (χ2n) is 4.01. The molecule has 0 aliphatic heterocycles. The summed E-state index contributed by atoms with van der Waals surface area (Å²) in [5.41, 5.74) is 1.30. The van der Waals surface area contributed by atoms with E-state index in [1.165, 1.54) is 35.7 Å². The second kappa shape index (κ2) is 6.42. The number of rotatable bonds is 7. The summed E-state index contributed by atoms with van der Waals surface area (Å²) in [7, 11) is 1.98. The predicted octanol–water partition coefficient (Wildman–Crippen LogP) is 3.40. The Bertz CT molecular complexity index is 461. The Kier molecular flexibility index (Phi) is 4.88. The van der Waals surface area contributed by atoms with Gasteiger partial charge in [-0.25, -0.2) is 4.98 Å². The van der Waals surface area contributed by atoms with Crippen molar-refractivity contribution in [3.05, 3.63) is 17.3 Å². The molecule has 0 saturated carbocycles. The lowest BCUT2D eigenvalue weighted by Crippen LogP contribution is -2.08. The van der Waals surface area contributed by atoms with Crippen LogP contribution in [0.25, 0.3) is 4.96 Å². The minimum atomic E-state index is 0.883. The third-order valence-electron chi connectivity index (χ3n) is 2.66. The van der Waals surface area contributed by atoms with E-state index in [0.717, 1.165) is 11.5 Å². The Morgan fingerprint density at radius 1 is 1.47 bits per heavy atom. The first-order valence-corrected chi connectivity index (χ1v) is 7.95. The van der Waals surface area contributed by atoms with E-state index in [-0.39, 0.29) is 0 Å². The van der Waals surface area contributed by atoms with Gasteiger partial charge in [0.05, 0.1) is 5.69 Å². The van der Waals surface area contributed by atoms with Gasteiger partial charge in [-0.2, -0.15) is 0 Å². The minimum absolute atomic E-state index is 0.883. The van der Waals surface area contributed by atoms with E-state index in [4.69, 9.17) is 4.98 Å². The van der Waals surface area contributed by atoms with Crippen molar-refractivity contribution in [1.82, 2.24) is 14.7 Å². The number of thiazole rings is 1. The van der Waals surface area contributed by atoms with E-state index in [9.17, 15) is 0 Å². The number of aromatic nitrogens is 2. The lowest BCUT2D eigenvalue weighted by Gasteiger charge is -2.02. The van der Waals surface area contributed by atoms with Gasteiger partial charge in [0.25, 0.3) is 0 Å². The molecule has 0 bridgehead atoms. The summed E-state index contributed by atoms with van der Waals surface area (Å²) >= 11 is 3.59. The average molecular weight is 269 g/mol. The van der Waals surface area contributed by atoms with E-state index >= 15 is 0 Å². The average Bonchev–Trinajstić information content (AvgIpc) is 2.88. The van der Waals surface area contributed by atoms with Crippen LogP contribution in [0.2, 0.25) is 0 Å². The maximum atomic E-state index is 4.69. The number of unbranched alkanes of at least 4 members (excludes halogenated alkanes) is 2. The van der Waals surface area contributed by atoms with E-state index in [2.05, 4.69) is 28.2 Å². The van der Waals surface area contributed by atoms with E-state index < -0.39 is 0 Å². The predicted molar refractivity (Wildman–Crippen MR) is 76.1 cm³/mol. The van der Waals surface area contributed by atoms with Gasteiger partial charge in [0.15, 0.2) is 4.96 Å². The fourth-order valence-electron chi connectivity index (χ4n) is 1.78. The Hall–Kier alpha value is -0.520. The molecule has 0 aromatic carbocycles. The third kappa shape index (κ3) is 3.03. The zero-order chi connectivity index (χ0) is 12.1. The van der Waals surface area contributed by atoms with Crippen LogP contribution in [-0.2, 0) is 6.54 Å². The molecule has 1 N–H and O–H groups in total. The highest BCUT2D eigenvalue weighted by atomic mass is 32.2. The third-order valence-corrected chi connectivity index (χ3v) is 4.50. The molecular formula is C12H19N3S2. The lowest BCUT2D eigenvalue weighted by molar-refractivity contribution is 0.761. The Balaban J connectivity index is 2.08. The molecule has 0 spiro atoms. The van der Waals surface area contributed by atoms with Gasteiger partial charge in [0.2, 0.25) is 0 Å². The molecule has 0 aliphatic rings. The van der Waals surface area contributed by atoms with Crippen molar-refractivity contribution in [2.45, 2.75) is 37.8 Å². The molecule has 17 heavy (non-hydrogen) atoms. The highest BCUT2D eigenvalue weighted by Gasteiger charge is 2.12. The van der Waals surface area contributed by atoms with Crippen molar-refractivity contribution in [2.24, 2.45) is 0 Å². The maximum Gasteiger partial charge on any atom is 0.194 e. The van der Waals surface area contributed by atoms with Gasteiger partial charge in [0.1, 0.15) is 5.03 Å². The number of fused-ring (bicyclic) bond motifs is 1. The fourth-order valence-corrected chi connectivity index (χ4v) is 3.60. The van der Waals surface area contributed by atoms with Crippen LogP contribution < -0.4 is 5.32 Å². The normalized spacial score (nSPS) is 11.4. The number of hydrogen-bond donors (Lipinski definition) is 1. The van der Waals surface area contributed by atoms with Crippen LogP contribution in [0.3, 0.4) is 0 Å². The molecule has 5 heteroatoms. The number of nitrogens with zero attached hydrogens (tertiary/aromatic N) is 2. The Labute approximate surface area is 111 Å². The van der Waals surface area contributed by atoms with E-state index in [1.807, 2.05) is 18.8 Å². The van der Waals surface area contributed by atoms with Crippen molar-refractivity contribution < 1.29 is 0 Å². The second-order valence-corrected chi connectivity index (χ2v) is 5.96. The molecule has 2 aromatic heterocycles. The maximum absolute atomic E-state index is 4.69. The van der Waals surface area contributed by atoms with Crippen LogP contribution in [0.15, 0.2) is 16.6 Å². The summed E-state index contributed by atoms with van der Waals surface area (Å²) in [6, 6.07) is 0. The number of nitrogens with one attached hydrogen (secondary N) is 1. The van der Waals surface area contributed by atoms with Gasteiger partial charge in [0, 0.05) is 18.1 Å². The largest absolute Gasteiger partial charge is 0.314 e. The van der Waals surface area contributed by atoms with Gasteiger partial charge in [-0.15, -0.1) is 23.1 Å². The molecule has 0 radical (unpaired) electrons. The standard InChI is InChI=1S/C12H19N3S2/c1-3-4-5-7-16-11-10(9-13-2)15-6-8-17-12(15)14-11/h6,8,13H,3-5,7,9H2,1-2H3. The van der Waals surface area contributed by atoms with E-state index in [1.54, 1.807) is 11.3 Å². The topological polar surface area (TPSA) is 29.3 Å². The van der Waals surface area contributed by atoms with Gasteiger partial charge in [-0.05, 0) is 19.2 Å². The number of thioether (sulfide) groups is 1. The van der Waals surface area contributed by atoms with Crippen molar-refractivity contribution in [1.29, 1.82) is 0 Å². The molecule has 94 valence electrons. The molecule has 3 nitrogen and oxygen atoms in total. The van der Waals surface area contributed by atoms with Gasteiger partial charge < -0.3 is 5.32 Å². The van der Waals surface area contributed by atoms with Gasteiger partial charge in [-0.1, -0.05) is 19.8 Å². The Morgan fingerprint density at radius 3 is 3.12 bits per heavy atom. The monoisotopic (exact) mass is 269 g/mol. The zero-order valence-corrected chi connectivity index (χ0v) is 12.0. The first kappa shape index (κ1) is 12.9. The smallest absolute Gasteiger partial charge is 0.194 e. The van der Waals surface area contributed by atoms with Crippen molar-refractivity contribution >= 4 is 28.1 Å². The molecule has 0 fully saturated rings. The Morgan fingerprint density at radius 2 is 2.35 bits per heavy atom. The van der Waals surface area contributed by atoms with Crippen LogP contribution in [0, 0.1) is 0 Å². The fraction of sp³-hybridized carbons (Fsp3) is 0.583. The van der Waals surface area contributed by atoms with E-state index in [0.29, 0.717) is 0 Å². The lowest BCUT2D eigenvalue weighted by atomic mass is 10.3. The van der Waals surface area contributed by atoms with Crippen LogP contribution in [0.4, 0.5) is 0 Å². The van der Waals surface area contributed by atoms with Gasteiger partial charge in [-0.3, -0.25) is 4.40 Å². The summed E-state index contributed by atoms with van der Waals surface area (Å²) in [6.07, 6.45) is 5.99.